The quantitative estimate of drug-likeness (QED) is 0.881. The molecule has 0 fully saturated rings. The smallest absolute Gasteiger partial charge is 0.252 e. The molecule has 0 unspecified atom stereocenters. The standard InChI is InChI=1S/C9H8BrClN2O2/c10-7-3-5(11)1-2-6(7)9(15)13-4-8(12)14/h1-3H,4H2,(H2,12,14)(H,13,15). The molecule has 4 nitrogen and oxygen atoms in total. The van der Waals surface area contributed by atoms with E-state index in [1.165, 1.54) is 0 Å². The Hall–Kier alpha value is -1.07. The first-order valence-corrected chi connectivity index (χ1v) is 5.19. The molecule has 0 aliphatic carbocycles. The van der Waals surface area contributed by atoms with Crippen LogP contribution in [0, 0.1) is 0 Å². The molecule has 0 aliphatic rings. The highest BCUT2D eigenvalue weighted by Crippen LogP contribution is 2.21. The minimum atomic E-state index is -0.589. The summed E-state index contributed by atoms with van der Waals surface area (Å²) in [5, 5.41) is 2.89. The predicted molar refractivity (Wildman–Crippen MR) is 60.7 cm³/mol. The first-order chi connectivity index (χ1) is 7.00. The summed E-state index contributed by atoms with van der Waals surface area (Å²) < 4.78 is 0.567. The molecule has 0 aromatic heterocycles. The van der Waals surface area contributed by atoms with Crippen molar-refractivity contribution in [1.82, 2.24) is 5.32 Å². The summed E-state index contributed by atoms with van der Waals surface area (Å²) in [7, 11) is 0. The van der Waals surface area contributed by atoms with E-state index >= 15 is 0 Å². The van der Waals surface area contributed by atoms with Gasteiger partial charge in [0.2, 0.25) is 5.91 Å². The number of carbonyl (C=O) groups is 2. The molecule has 0 saturated carbocycles. The van der Waals surface area contributed by atoms with E-state index in [2.05, 4.69) is 21.2 Å². The van der Waals surface area contributed by atoms with Crippen molar-refractivity contribution in [3.63, 3.8) is 0 Å². The summed E-state index contributed by atoms with van der Waals surface area (Å²) in [6, 6.07) is 4.75. The lowest BCUT2D eigenvalue weighted by Gasteiger charge is -2.05. The van der Waals surface area contributed by atoms with Crippen LogP contribution in [-0.2, 0) is 4.79 Å². The molecule has 0 aliphatic heterocycles. The summed E-state index contributed by atoms with van der Waals surface area (Å²) in [5.74, 6) is -0.967. The van der Waals surface area contributed by atoms with E-state index in [-0.39, 0.29) is 12.5 Å². The monoisotopic (exact) mass is 290 g/mol. The molecule has 0 atom stereocenters. The number of nitrogens with two attached hydrogens (primary N) is 1. The molecule has 0 spiro atoms. The Bertz CT molecular complexity index is 409. The van der Waals surface area contributed by atoms with E-state index in [1.807, 2.05) is 0 Å². The van der Waals surface area contributed by atoms with Gasteiger partial charge in [0.25, 0.3) is 5.91 Å². The third-order valence-corrected chi connectivity index (χ3v) is 2.49. The highest BCUT2D eigenvalue weighted by Gasteiger charge is 2.10. The second-order valence-corrected chi connectivity index (χ2v) is 4.06. The van der Waals surface area contributed by atoms with E-state index < -0.39 is 5.91 Å². The number of primary amides is 1. The molecular formula is C9H8BrClN2O2. The Morgan fingerprint density at radius 2 is 2.13 bits per heavy atom. The molecule has 6 heteroatoms. The van der Waals surface area contributed by atoms with Crippen molar-refractivity contribution in [2.24, 2.45) is 5.73 Å². The van der Waals surface area contributed by atoms with Crippen molar-refractivity contribution < 1.29 is 9.59 Å². The maximum absolute atomic E-state index is 11.5. The molecule has 15 heavy (non-hydrogen) atoms. The van der Waals surface area contributed by atoms with Crippen molar-refractivity contribution in [2.75, 3.05) is 6.54 Å². The third kappa shape index (κ3) is 3.53. The lowest BCUT2D eigenvalue weighted by Crippen LogP contribution is -2.33. The molecule has 0 bridgehead atoms. The molecule has 1 aromatic rings. The molecule has 1 aromatic carbocycles. The van der Waals surface area contributed by atoms with Crippen molar-refractivity contribution >= 4 is 39.3 Å². The summed E-state index contributed by atoms with van der Waals surface area (Å²) in [6.07, 6.45) is 0. The minimum Gasteiger partial charge on any atom is -0.368 e. The summed E-state index contributed by atoms with van der Waals surface area (Å²) in [6.45, 7) is -0.187. The van der Waals surface area contributed by atoms with Crippen LogP contribution in [0.25, 0.3) is 0 Å². The summed E-state index contributed by atoms with van der Waals surface area (Å²) in [4.78, 5) is 21.9. The fourth-order valence-corrected chi connectivity index (χ4v) is 1.80. The van der Waals surface area contributed by atoms with Crippen LogP contribution in [0.4, 0.5) is 0 Å². The van der Waals surface area contributed by atoms with Gasteiger partial charge < -0.3 is 11.1 Å². The number of hydrogen-bond donors (Lipinski definition) is 2. The van der Waals surface area contributed by atoms with E-state index in [0.717, 1.165) is 0 Å². The first-order valence-electron chi connectivity index (χ1n) is 4.02. The maximum Gasteiger partial charge on any atom is 0.252 e. The minimum absolute atomic E-state index is 0.187. The molecular weight excluding hydrogens is 283 g/mol. The lowest BCUT2D eigenvalue weighted by atomic mass is 10.2. The van der Waals surface area contributed by atoms with Crippen LogP contribution in [0.1, 0.15) is 10.4 Å². The normalized spacial score (nSPS) is 9.73. The van der Waals surface area contributed by atoms with Gasteiger partial charge in [0.05, 0.1) is 12.1 Å². The molecule has 3 N–H and O–H groups in total. The number of amides is 2. The number of nitrogens with one attached hydrogen (secondary N) is 1. The van der Waals surface area contributed by atoms with E-state index in [0.29, 0.717) is 15.1 Å². The summed E-state index contributed by atoms with van der Waals surface area (Å²) in [5.41, 5.74) is 5.30. The largest absolute Gasteiger partial charge is 0.368 e. The number of rotatable bonds is 3. The van der Waals surface area contributed by atoms with E-state index in [4.69, 9.17) is 17.3 Å². The van der Waals surface area contributed by atoms with Crippen molar-refractivity contribution in [2.45, 2.75) is 0 Å². The Kier molecular flexibility index (Phi) is 4.11. The Balaban J connectivity index is 2.78. The maximum atomic E-state index is 11.5. The van der Waals surface area contributed by atoms with Gasteiger partial charge in [-0.25, -0.2) is 0 Å². The highest BCUT2D eigenvalue weighted by atomic mass is 79.9. The molecule has 0 radical (unpaired) electrons. The Labute approximate surface area is 99.9 Å². The summed E-state index contributed by atoms with van der Waals surface area (Å²) >= 11 is 8.91. The van der Waals surface area contributed by atoms with Crippen molar-refractivity contribution in [1.29, 1.82) is 0 Å². The van der Waals surface area contributed by atoms with Gasteiger partial charge in [-0.1, -0.05) is 11.6 Å². The van der Waals surface area contributed by atoms with Crippen molar-refractivity contribution in [3.05, 3.63) is 33.3 Å². The zero-order valence-electron chi connectivity index (χ0n) is 7.59. The van der Waals surface area contributed by atoms with Gasteiger partial charge in [0.15, 0.2) is 0 Å². The second-order valence-electron chi connectivity index (χ2n) is 2.77. The Morgan fingerprint density at radius 1 is 1.47 bits per heavy atom. The fraction of sp³-hybridized carbons (Fsp3) is 0.111. The van der Waals surface area contributed by atoms with Gasteiger partial charge in [-0.3, -0.25) is 9.59 Å². The SMILES string of the molecule is NC(=O)CNC(=O)c1ccc(Cl)cc1Br. The van der Waals surface area contributed by atoms with Gasteiger partial charge in [0.1, 0.15) is 0 Å². The Morgan fingerprint density at radius 3 is 2.67 bits per heavy atom. The predicted octanol–water partition coefficient (Wildman–Crippen LogP) is 1.32. The van der Waals surface area contributed by atoms with Crippen LogP contribution in [-0.4, -0.2) is 18.4 Å². The molecule has 0 saturated heterocycles. The number of benzene rings is 1. The molecule has 1 rings (SSSR count). The van der Waals surface area contributed by atoms with Gasteiger partial charge in [-0.15, -0.1) is 0 Å². The fourth-order valence-electron chi connectivity index (χ4n) is 0.936. The van der Waals surface area contributed by atoms with Crippen LogP contribution < -0.4 is 11.1 Å². The number of carbonyl (C=O) groups excluding carboxylic acids is 2. The molecule has 80 valence electrons. The van der Waals surface area contributed by atoms with Crippen molar-refractivity contribution in [3.8, 4) is 0 Å². The average Bonchev–Trinajstić information content (AvgIpc) is 2.14. The van der Waals surface area contributed by atoms with Gasteiger partial charge in [0, 0.05) is 9.50 Å². The third-order valence-electron chi connectivity index (χ3n) is 1.60. The number of halogens is 2. The molecule has 0 heterocycles. The van der Waals surface area contributed by atoms with Crippen LogP contribution in [0.5, 0.6) is 0 Å². The first kappa shape index (κ1) is 12.0. The van der Waals surface area contributed by atoms with Crippen LogP contribution in [0.15, 0.2) is 22.7 Å². The topological polar surface area (TPSA) is 72.2 Å². The van der Waals surface area contributed by atoms with Crippen LogP contribution in [0.2, 0.25) is 5.02 Å². The zero-order chi connectivity index (χ0) is 11.4. The van der Waals surface area contributed by atoms with E-state index in [9.17, 15) is 9.59 Å². The average molecular weight is 292 g/mol. The lowest BCUT2D eigenvalue weighted by molar-refractivity contribution is -0.117. The van der Waals surface area contributed by atoms with Crippen LogP contribution >= 0.6 is 27.5 Å². The van der Waals surface area contributed by atoms with Crippen LogP contribution in [0.3, 0.4) is 0 Å². The van der Waals surface area contributed by atoms with E-state index in [1.54, 1.807) is 18.2 Å². The zero-order valence-corrected chi connectivity index (χ0v) is 9.93. The highest BCUT2D eigenvalue weighted by molar-refractivity contribution is 9.10. The van der Waals surface area contributed by atoms with Gasteiger partial charge >= 0.3 is 0 Å². The number of hydrogen-bond acceptors (Lipinski definition) is 2. The second kappa shape index (κ2) is 5.14. The van der Waals surface area contributed by atoms with Gasteiger partial charge in [-0.05, 0) is 34.1 Å². The molecule has 2 amide bonds. The van der Waals surface area contributed by atoms with Gasteiger partial charge in [-0.2, -0.15) is 0 Å².